The highest BCUT2D eigenvalue weighted by molar-refractivity contribution is 5.74. The van der Waals surface area contributed by atoms with Crippen LogP contribution in [0.25, 0.3) is 0 Å². The van der Waals surface area contributed by atoms with Gasteiger partial charge in [-0.2, -0.15) is 0 Å². The van der Waals surface area contributed by atoms with Crippen LogP contribution in [-0.4, -0.2) is 46.8 Å². The number of likely N-dealkylation sites (tertiary alicyclic amines) is 1. The van der Waals surface area contributed by atoms with Gasteiger partial charge in [0, 0.05) is 19.0 Å². The molecule has 1 aliphatic heterocycles. The van der Waals surface area contributed by atoms with Crippen LogP contribution in [0.1, 0.15) is 33.6 Å². The van der Waals surface area contributed by atoms with Gasteiger partial charge in [-0.25, -0.2) is 4.79 Å². The molecule has 2 atom stereocenters. The van der Waals surface area contributed by atoms with E-state index in [1.54, 1.807) is 25.7 Å². The lowest BCUT2D eigenvalue weighted by molar-refractivity contribution is -0.140. The van der Waals surface area contributed by atoms with Gasteiger partial charge in [-0.1, -0.05) is 0 Å². The van der Waals surface area contributed by atoms with Crippen LogP contribution in [0, 0.1) is 5.92 Å². The Bertz CT molecular complexity index is 325. The van der Waals surface area contributed by atoms with Crippen molar-refractivity contribution >= 4 is 12.1 Å². The Morgan fingerprint density at radius 2 is 2.06 bits per heavy atom. The molecule has 0 saturated carbocycles. The molecule has 104 valence electrons. The SMILES string of the molecule is CC(C)(C)OC(=O)N1CCC[C@H]([C@@H](N)C(=O)O)C1. The second kappa shape index (κ2) is 5.56. The van der Waals surface area contributed by atoms with Crippen LogP contribution in [0.3, 0.4) is 0 Å². The van der Waals surface area contributed by atoms with Crippen molar-refractivity contribution in [2.75, 3.05) is 13.1 Å². The molecule has 0 aromatic carbocycles. The molecule has 1 amide bonds. The molecule has 0 bridgehead atoms. The van der Waals surface area contributed by atoms with E-state index in [1.165, 1.54) is 0 Å². The molecule has 0 unspecified atom stereocenters. The second-order valence-electron chi connectivity index (χ2n) is 5.69. The number of aliphatic carboxylic acids is 1. The lowest BCUT2D eigenvalue weighted by Crippen LogP contribution is -2.49. The quantitative estimate of drug-likeness (QED) is 0.772. The molecule has 18 heavy (non-hydrogen) atoms. The van der Waals surface area contributed by atoms with Gasteiger partial charge in [-0.3, -0.25) is 4.79 Å². The third kappa shape index (κ3) is 4.18. The normalized spacial score (nSPS) is 22.4. The molecule has 6 nitrogen and oxygen atoms in total. The molecule has 0 aliphatic carbocycles. The Balaban J connectivity index is 2.58. The summed E-state index contributed by atoms with van der Waals surface area (Å²) in [4.78, 5) is 24.3. The molecule has 0 aromatic heterocycles. The van der Waals surface area contributed by atoms with Crippen molar-refractivity contribution in [3.05, 3.63) is 0 Å². The third-order valence-corrected chi connectivity index (χ3v) is 2.90. The van der Waals surface area contributed by atoms with E-state index in [-0.39, 0.29) is 5.92 Å². The molecule has 0 spiro atoms. The number of nitrogens with two attached hydrogens (primary N) is 1. The minimum absolute atomic E-state index is 0.205. The van der Waals surface area contributed by atoms with Crippen LogP contribution in [-0.2, 0) is 9.53 Å². The zero-order valence-corrected chi connectivity index (χ0v) is 11.2. The number of piperidine rings is 1. The molecular weight excluding hydrogens is 236 g/mol. The summed E-state index contributed by atoms with van der Waals surface area (Å²) >= 11 is 0. The van der Waals surface area contributed by atoms with Crippen molar-refractivity contribution in [3.8, 4) is 0 Å². The van der Waals surface area contributed by atoms with Crippen LogP contribution in [0.15, 0.2) is 0 Å². The first-order valence-electron chi connectivity index (χ1n) is 6.17. The number of ether oxygens (including phenoxy) is 1. The molecule has 1 rings (SSSR count). The average molecular weight is 258 g/mol. The van der Waals surface area contributed by atoms with Crippen molar-refractivity contribution in [1.29, 1.82) is 0 Å². The molecule has 0 aromatic rings. The Kier molecular flexibility index (Phi) is 4.56. The Hall–Kier alpha value is -1.30. The van der Waals surface area contributed by atoms with Gasteiger partial charge in [0.1, 0.15) is 11.6 Å². The minimum atomic E-state index is -1.02. The van der Waals surface area contributed by atoms with E-state index in [4.69, 9.17) is 15.6 Å². The smallest absolute Gasteiger partial charge is 0.410 e. The van der Waals surface area contributed by atoms with Crippen molar-refractivity contribution in [1.82, 2.24) is 4.90 Å². The molecule has 1 heterocycles. The third-order valence-electron chi connectivity index (χ3n) is 2.90. The van der Waals surface area contributed by atoms with Gasteiger partial charge in [-0.15, -0.1) is 0 Å². The molecule has 1 saturated heterocycles. The molecule has 0 radical (unpaired) electrons. The minimum Gasteiger partial charge on any atom is -0.480 e. The van der Waals surface area contributed by atoms with Crippen LogP contribution in [0.5, 0.6) is 0 Å². The first-order valence-corrected chi connectivity index (χ1v) is 6.17. The summed E-state index contributed by atoms with van der Waals surface area (Å²) in [6, 6.07) is -0.921. The molecule has 6 heteroatoms. The predicted molar refractivity (Wildman–Crippen MR) is 66.1 cm³/mol. The molecule has 3 N–H and O–H groups in total. The standard InChI is InChI=1S/C12H22N2O4/c1-12(2,3)18-11(17)14-6-4-5-8(7-14)9(13)10(15)16/h8-9H,4-7,13H2,1-3H3,(H,15,16)/t8-,9+/m0/s1. The van der Waals surface area contributed by atoms with E-state index in [0.29, 0.717) is 13.1 Å². The van der Waals surface area contributed by atoms with Crippen LogP contribution >= 0.6 is 0 Å². The molecule has 1 fully saturated rings. The van der Waals surface area contributed by atoms with Crippen molar-refractivity contribution in [3.63, 3.8) is 0 Å². The van der Waals surface area contributed by atoms with Crippen LogP contribution < -0.4 is 5.73 Å². The maximum Gasteiger partial charge on any atom is 0.410 e. The van der Waals surface area contributed by atoms with E-state index >= 15 is 0 Å². The number of carbonyl (C=O) groups excluding carboxylic acids is 1. The summed E-state index contributed by atoms with van der Waals surface area (Å²) in [5.41, 5.74) is 5.06. The lowest BCUT2D eigenvalue weighted by atomic mass is 9.91. The number of carbonyl (C=O) groups is 2. The van der Waals surface area contributed by atoms with Gasteiger partial charge in [-0.05, 0) is 33.6 Å². The Morgan fingerprint density at radius 1 is 1.44 bits per heavy atom. The summed E-state index contributed by atoms with van der Waals surface area (Å²) in [5, 5.41) is 8.89. The van der Waals surface area contributed by atoms with Crippen molar-refractivity contribution in [2.45, 2.75) is 45.3 Å². The van der Waals surface area contributed by atoms with E-state index in [1.807, 2.05) is 0 Å². The molecule has 1 aliphatic rings. The van der Waals surface area contributed by atoms with E-state index < -0.39 is 23.7 Å². The fourth-order valence-corrected chi connectivity index (χ4v) is 2.00. The predicted octanol–water partition coefficient (Wildman–Crippen LogP) is 1.05. The number of hydrogen-bond acceptors (Lipinski definition) is 4. The first kappa shape index (κ1) is 14.8. The summed E-state index contributed by atoms with van der Waals surface area (Å²) in [7, 11) is 0. The van der Waals surface area contributed by atoms with Crippen LogP contribution in [0.4, 0.5) is 4.79 Å². The highest BCUT2D eigenvalue weighted by Crippen LogP contribution is 2.21. The maximum atomic E-state index is 11.9. The van der Waals surface area contributed by atoms with Gasteiger partial charge in [0.25, 0.3) is 0 Å². The largest absolute Gasteiger partial charge is 0.480 e. The number of nitrogens with zero attached hydrogens (tertiary/aromatic N) is 1. The monoisotopic (exact) mass is 258 g/mol. The highest BCUT2D eigenvalue weighted by Gasteiger charge is 2.32. The average Bonchev–Trinajstić information content (AvgIpc) is 2.25. The molecular formula is C12H22N2O4. The fraction of sp³-hybridized carbons (Fsp3) is 0.833. The van der Waals surface area contributed by atoms with E-state index in [2.05, 4.69) is 0 Å². The van der Waals surface area contributed by atoms with Crippen molar-refractivity contribution in [2.24, 2.45) is 11.7 Å². The highest BCUT2D eigenvalue weighted by atomic mass is 16.6. The lowest BCUT2D eigenvalue weighted by Gasteiger charge is -2.35. The topological polar surface area (TPSA) is 92.9 Å². The Labute approximate surface area is 107 Å². The van der Waals surface area contributed by atoms with E-state index in [0.717, 1.165) is 12.8 Å². The van der Waals surface area contributed by atoms with Gasteiger partial charge in [0.05, 0.1) is 0 Å². The van der Waals surface area contributed by atoms with Gasteiger partial charge < -0.3 is 20.5 Å². The van der Waals surface area contributed by atoms with Gasteiger partial charge in [0.15, 0.2) is 0 Å². The zero-order valence-electron chi connectivity index (χ0n) is 11.2. The zero-order chi connectivity index (χ0) is 13.9. The maximum absolute atomic E-state index is 11.9. The first-order chi connectivity index (χ1) is 8.20. The fourth-order valence-electron chi connectivity index (χ4n) is 2.00. The summed E-state index contributed by atoms with van der Waals surface area (Å²) in [6.45, 7) is 6.35. The number of amides is 1. The number of rotatable bonds is 2. The van der Waals surface area contributed by atoms with Crippen LogP contribution in [0.2, 0.25) is 0 Å². The number of carboxylic acid groups (broad SMARTS) is 1. The van der Waals surface area contributed by atoms with E-state index in [9.17, 15) is 9.59 Å². The van der Waals surface area contributed by atoms with Gasteiger partial charge in [0.2, 0.25) is 0 Å². The summed E-state index contributed by atoms with van der Waals surface area (Å²) < 4.78 is 5.26. The van der Waals surface area contributed by atoms with Crippen molar-refractivity contribution < 1.29 is 19.4 Å². The summed E-state index contributed by atoms with van der Waals surface area (Å²) in [5.74, 6) is -1.23. The summed E-state index contributed by atoms with van der Waals surface area (Å²) in [6.07, 6.45) is 1.09. The number of hydrogen-bond donors (Lipinski definition) is 2. The second-order valence-corrected chi connectivity index (χ2v) is 5.69. The Morgan fingerprint density at radius 3 is 2.56 bits per heavy atom. The number of carboxylic acids is 1. The van der Waals surface area contributed by atoms with Gasteiger partial charge >= 0.3 is 12.1 Å².